The van der Waals surface area contributed by atoms with Crippen LogP contribution in [-0.2, 0) is 4.74 Å². The molecule has 90 valence electrons. The number of anilines is 1. The zero-order valence-electron chi connectivity index (χ0n) is 9.49. The van der Waals surface area contributed by atoms with E-state index in [0.29, 0.717) is 0 Å². The maximum atomic E-state index is 12.0. The van der Waals surface area contributed by atoms with Gasteiger partial charge in [-0.05, 0) is 47.3 Å². The van der Waals surface area contributed by atoms with Crippen LogP contribution in [0.2, 0.25) is 0 Å². The van der Waals surface area contributed by atoms with Gasteiger partial charge in [-0.15, -0.1) is 0 Å². The second-order valence-corrected chi connectivity index (χ2v) is 5.61. The lowest BCUT2D eigenvalue weighted by Gasteiger charge is -2.46. The standard InChI is InChI=1S/C13H14BrNO2/c14-10-4-1-2-5-11(10)15-9-8-13(6-3-7-13)17-12(15)16/h1-2,4-5H,3,6-9H2. The lowest BCUT2D eigenvalue weighted by atomic mass is 9.77. The molecular formula is C13H14BrNO2. The highest BCUT2D eigenvalue weighted by Crippen LogP contribution is 2.42. The van der Waals surface area contributed by atoms with E-state index in [9.17, 15) is 4.79 Å². The Labute approximate surface area is 109 Å². The Morgan fingerprint density at radius 3 is 2.59 bits per heavy atom. The molecule has 1 saturated heterocycles. The van der Waals surface area contributed by atoms with Crippen molar-refractivity contribution < 1.29 is 9.53 Å². The first-order chi connectivity index (χ1) is 8.20. The second-order valence-electron chi connectivity index (χ2n) is 4.76. The van der Waals surface area contributed by atoms with Crippen LogP contribution in [0.25, 0.3) is 0 Å². The largest absolute Gasteiger partial charge is 0.442 e. The van der Waals surface area contributed by atoms with Gasteiger partial charge >= 0.3 is 6.09 Å². The van der Waals surface area contributed by atoms with E-state index in [1.807, 2.05) is 24.3 Å². The molecule has 0 bridgehead atoms. The van der Waals surface area contributed by atoms with Gasteiger partial charge in [0, 0.05) is 17.4 Å². The van der Waals surface area contributed by atoms with Gasteiger partial charge in [-0.2, -0.15) is 0 Å². The Morgan fingerprint density at radius 2 is 2.00 bits per heavy atom. The smallest absolute Gasteiger partial charge is 0.414 e. The Morgan fingerprint density at radius 1 is 1.24 bits per heavy atom. The normalized spacial score (nSPS) is 22.2. The summed E-state index contributed by atoms with van der Waals surface area (Å²) in [6, 6.07) is 7.75. The van der Waals surface area contributed by atoms with Gasteiger partial charge in [0.1, 0.15) is 5.60 Å². The number of carbonyl (C=O) groups is 1. The molecule has 17 heavy (non-hydrogen) atoms. The number of carbonyl (C=O) groups excluding carboxylic acids is 1. The monoisotopic (exact) mass is 295 g/mol. The van der Waals surface area contributed by atoms with Crippen molar-refractivity contribution in [1.29, 1.82) is 0 Å². The van der Waals surface area contributed by atoms with Crippen LogP contribution in [0.1, 0.15) is 25.7 Å². The third-order valence-corrected chi connectivity index (χ3v) is 4.39. The van der Waals surface area contributed by atoms with Crippen LogP contribution in [-0.4, -0.2) is 18.2 Å². The van der Waals surface area contributed by atoms with E-state index in [1.165, 1.54) is 6.42 Å². The molecule has 0 aromatic heterocycles. The van der Waals surface area contributed by atoms with Gasteiger partial charge in [-0.25, -0.2) is 4.79 Å². The van der Waals surface area contributed by atoms with Crippen LogP contribution in [0, 0.1) is 0 Å². The van der Waals surface area contributed by atoms with Crippen molar-refractivity contribution in [3.8, 4) is 0 Å². The first-order valence-corrected chi connectivity index (χ1v) is 6.75. The predicted octanol–water partition coefficient (Wildman–Crippen LogP) is 3.72. The molecule has 0 atom stereocenters. The van der Waals surface area contributed by atoms with E-state index in [4.69, 9.17) is 4.74 Å². The van der Waals surface area contributed by atoms with Crippen molar-refractivity contribution in [1.82, 2.24) is 0 Å². The molecule has 0 radical (unpaired) electrons. The van der Waals surface area contributed by atoms with Crippen molar-refractivity contribution in [3.63, 3.8) is 0 Å². The van der Waals surface area contributed by atoms with Crippen LogP contribution in [0.4, 0.5) is 10.5 Å². The van der Waals surface area contributed by atoms with E-state index in [2.05, 4.69) is 15.9 Å². The van der Waals surface area contributed by atoms with Crippen molar-refractivity contribution >= 4 is 27.7 Å². The number of amides is 1. The fraction of sp³-hybridized carbons (Fsp3) is 0.462. The topological polar surface area (TPSA) is 29.5 Å². The third-order valence-electron chi connectivity index (χ3n) is 3.72. The first kappa shape index (κ1) is 11.1. The third kappa shape index (κ3) is 1.84. The molecule has 1 heterocycles. The lowest BCUT2D eigenvalue weighted by Crippen LogP contribution is -2.53. The van der Waals surface area contributed by atoms with Crippen LogP contribution in [0.15, 0.2) is 28.7 Å². The summed E-state index contributed by atoms with van der Waals surface area (Å²) in [5, 5.41) is 0. The second kappa shape index (κ2) is 4.02. The molecule has 0 N–H and O–H groups in total. The summed E-state index contributed by atoms with van der Waals surface area (Å²) in [4.78, 5) is 13.8. The lowest BCUT2D eigenvalue weighted by molar-refractivity contribution is -0.0610. The highest BCUT2D eigenvalue weighted by atomic mass is 79.9. The van der Waals surface area contributed by atoms with Crippen molar-refractivity contribution in [2.75, 3.05) is 11.4 Å². The Balaban J connectivity index is 1.82. The summed E-state index contributed by atoms with van der Waals surface area (Å²) in [5.41, 5.74) is 0.765. The number of halogens is 1. The van der Waals surface area contributed by atoms with E-state index in [1.54, 1.807) is 4.90 Å². The average Bonchev–Trinajstić information content (AvgIpc) is 2.28. The number of benzene rings is 1. The van der Waals surface area contributed by atoms with Crippen LogP contribution < -0.4 is 4.90 Å². The van der Waals surface area contributed by atoms with Gasteiger partial charge in [0.05, 0.1) is 5.69 Å². The average molecular weight is 296 g/mol. The number of para-hydroxylation sites is 1. The quantitative estimate of drug-likeness (QED) is 0.790. The molecule has 1 aliphatic carbocycles. The van der Waals surface area contributed by atoms with E-state index >= 15 is 0 Å². The summed E-state index contributed by atoms with van der Waals surface area (Å²) in [5.74, 6) is 0. The molecule has 4 heteroatoms. The Hall–Kier alpha value is -1.03. The van der Waals surface area contributed by atoms with E-state index in [0.717, 1.165) is 36.0 Å². The first-order valence-electron chi connectivity index (χ1n) is 5.95. The van der Waals surface area contributed by atoms with Crippen LogP contribution >= 0.6 is 15.9 Å². The molecule has 1 spiro atoms. The van der Waals surface area contributed by atoms with Gasteiger partial charge < -0.3 is 4.74 Å². The zero-order valence-corrected chi connectivity index (χ0v) is 11.1. The molecule has 3 nitrogen and oxygen atoms in total. The van der Waals surface area contributed by atoms with Crippen molar-refractivity contribution in [2.24, 2.45) is 0 Å². The van der Waals surface area contributed by atoms with E-state index in [-0.39, 0.29) is 11.7 Å². The maximum Gasteiger partial charge on any atom is 0.414 e. The molecule has 3 rings (SSSR count). The number of rotatable bonds is 1. The molecule has 1 aromatic rings. The molecular weight excluding hydrogens is 282 g/mol. The van der Waals surface area contributed by atoms with Crippen molar-refractivity contribution in [2.45, 2.75) is 31.3 Å². The minimum Gasteiger partial charge on any atom is -0.442 e. The molecule has 1 saturated carbocycles. The molecule has 1 aromatic carbocycles. The number of hydrogen-bond donors (Lipinski definition) is 0. The number of nitrogens with zero attached hydrogens (tertiary/aromatic N) is 1. The minimum atomic E-state index is -0.206. The number of hydrogen-bond acceptors (Lipinski definition) is 2. The molecule has 1 amide bonds. The van der Waals surface area contributed by atoms with Gasteiger partial charge in [0.15, 0.2) is 0 Å². The molecule has 2 aliphatic rings. The van der Waals surface area contributed by atoms with Crippen LogP contribution in [0.3, 0.4) is 0 Å². The Bertz CT molecular complexity index is 456. The predicted molar refractivity (Wildman–Crippen MR) is 69.2 cm³/mol. The molecule has 1 aliphatic heterocycles. The van der Waals surface area contributed by atoms with E-state index < -0.39 is 0 Å². The molecule has 0 unspecified atom stereocenters. The highest BCUT2D eigenvalue weighted by molar-refractivity contribution is 9.10. The van der Waals surface area contributed by atoms with Gasteiger partial charge in [0.25, 0.3) is 0 Å². The summed E-state index contributed by atoms with van der Waals surface area (Å²) in [6.45, 7) is 0.751. The fourth-order valence-electron chi connectivity index (χ4n) is 2.51. The Kier molecular flexibility index (Phi) is 2.62. The SMILES string of the molecule is O=C1OC2(CCC2)CCN1c1ccccc1Br. The van der Waals surface area contributed by atoms with Gasteiger partial charge in [-0.1, -0.05) is 12.1 Å². The minimum absolute atomic E-state index is 0.130. The van der Waals surface area contributed by atoms with Crippen molar-refractivity contribution in [3.05, 3.63) is 28.7 Å². The van der Waals surface area contributed by atoms with Gasteiger partial charge in [0.2, 0.25) is 0 Å². The number of ether oxygens (including phenoxy) is 1. The summed E-state index contributed by atoms with van der Waals surface area (Å²) in [7, 11) is 0. The fourth-order valence-corrected chi connectivity index (χ4v) is 3.01. The zero-order chi connectivity index (χ0) is 11.9. The van der Waals surface area contributed by atoms with Crippen LogP contribution in [0.5, 0.6) is 0 Å². The summed E-state index contributed by atoms with van der Waals surface area (Å²) in [6.07, 6.45) is 3.98. The highest BCUT2D eigenvalue weighted by Gasteiger charge is 2.45. The van der Waals surface area contributed by atoms with Gasteiger partial charge in [-0.3, -0.25) is 4.90 Å². The summed E-state index contributed by atoms with van der Waals surface area (Å²) >= 11 is 3.47. The summed E-state index contributed by atoms with van der Waals surface area (Å²) < 4.78 is 6.53. The molecule has 2 fully saturated rings. The maximum absolute atomic E-state index is 12.0.